The van der Waals surface area contributed by atoms with Crippen LogP contribution in [-0.4, -0.2) is 61.9 Å². The molecule has 10 heteroatoms. The molecular formula is C23H26FN5O4. The van der Waals surface area contributed by atoms with E-state index in [-0.39, 0.29) is 5.56 Å². The summed E-state index contributed by atoms with van der Waals surface area (Å²) in [5.74, 6) is 0.255. The number of nitrogens with zero attached hydrogens (tertiary/aromatic N) is 3. The molecule has 1 spiro atoms. The van der Waals surface area contributed by atoms with Crippen LogP contribution < -0.4 is 20.7 Å². The number of rotatable bonds is 2. The van der Waals surface area contributed by atoms with E-state index in [0.717, 1.165) is 13.0 Å². The number of nitrogens with one attached hydrogen (secondary N) is 2. The molecule has 4 aliphatic rings. The quantitative estimate of drug-likeness (QED) is 0.661. The van der Waals surface area contributed by atoms with Gasteiger partial charge in [-0.3, -0.25) is 9.78 Å². The number of halogens is 1. The summed E-state index contributed by atoms with van der Waals surface area (Å²) < 4.78 is 26.6. The van der Waals surface area contributed by atoms with E-state index in [4.69, 9.17) is 9.47 Å². The Morgan fingerprint density at radius 3 is 2.64 bits per heavy atom. The van der Waals surface area contributed by atoms with Gasteiger partial charge in [-0.15, -0.1) is 0 Å². The van der Waals surface area contributed by atoms with Crippen molar-refractivity contribution in [1.82, 2.24) is 9.97 Å². The average Bonchev–Trinajstić information content (AvgIpc) is 3.11. The largest absolute Gasteiger partial charge is 0.450 e. The lowest BCUT2D eigenvalue weighted by Gasteiger charge is -2.39. The predicted molar refractivity (Wildman–Crippen MR) is 120 cm³/mol. The van der Waals surface area contributed by atoms with Gasteiger partial charge >= 0.3 is 5.97 Å². The van der Waals surface area contributed by atoms with Crippen LogP contribution in [0.4, 0.5) is 21.8 Å². The van der Waals surface area contributed by atoms with E-state index >= 15 is 4.39 Å². The number of hydrogen-bond donors (Lipinski definition) is 2. The molecule has 2 N–H and O–H groups in total. The summed E-state index contributed by atoms with van der Waals surface area (Å²) in [7, 11) is 0. The normalized spacial score (nSPS) is 21.4. The monoisotopic (exact) mass is 455 g/mol. The van der Waals surface area contributed by atoms with Gasteiger partial charge in [0, 0.05) is 56.8 Å². The summed E-state index contributed by atoms with van der Waals surface area (Å²) in [6.45, 7) is 4.25. The molecule has 5 heterocycles. The highest BCUT2D eigenvalue weighted by molar-refractivity contribution is 5.96. The Labute approximate surface area is 189 Å². The molecule has 2 saturated heterocycles. The van der Waals surface area contributed by atoms with Crippen molar-refractivity contribution in [3.8, 4) is 0 Å². The van der Waals surface area contributed by atoms with Crippen LogP contribution in [0.25, 0.3) is 0 Å². The Kier molecular flexibility index (Phi) is 4.79. The fourth-order valence-corrected chi connectivity index (χ4v) is 5.42. The fraction of sp³-hybridized carbons (Fsp3) is 0.522. The van der Waals surface area contributed by atoms with Crippen LogP contribution in [0.15, 0.2) is 16.9 Å². The van der Waals surface area contributed by atoms with Crippen LogP contribution in [0.3, 0.4) is 0 Å². The summed E-state index contributed by atoms with van der Waals surface area (Å²) in [6, 6.07) is 3.26. The number of anilines is 3. The smallest absolute Gasteiger partial charge is 0.339 e. The maximum atomic E-state index is 15.4. The number of carbonyl (C=O) groups is 1. The number of morpholine rings is 1. The number of H-pyrrole nitrogens is 1. The van der Waals surface area contributed by atoms with Crippen LogP contribution in [-0.2, 0) is 21.5 Å². The SMILES string of the molecule is O=C1OC2(CCN(c3nc4c(c(=O)[nH]3)CCCN4)CC2)c2c(F)cc(N3CCOCC3)cc21. The number of carbonyl (C=O) groups excluding carboxylic acids is 1. The van der Waals surface area contributed by atoms with Crippen LogP contribution >= 0.6 is 0 Å². The predicted octanol–water partition coefficient (Wildman–Crippen LogP) is 1.77. The zero-order valence-electron chi connectivity index (χ0n) is 18.3. The highest BCUT2D eigenvalue weighted by Gasteiger charge is 2.50. The summed E-state index contributed by atoms with van der Waals surface area (Å²) in [4.78, 5) is 36.8. The second kappa shape index (κ2) is 7.72. The summed E-state index contributed by atoms with van der Waals surface area (Å²) in [6.07, 6.45) is 2.47. The molecule has 9 nitrogen and oxygen atoms in total. The first kappa shape index (κ1) is 20.5. The Morgan fingerprint density at radius 2 is 1.85 bits per heavy atom. The van der Waals surface area contributed by atoms with E-state index in [0.29, 0.717) is 92.8 Å². The first-order valence-corrected chi connectivity index (χ1v) is 11.6. The Hall–Kier alpha value is -3.14. The Balaban J connectivity index is 1.26. The molecule has 0 aliphatic carbocycles. The molecule has 6 rings (SSSR count). The average molecular weight is 455 g/mol. The number of hydrogen-bond acceptors (Lipinski definition) is 8. The van der Waals surface area contributed by atoms with Crippen molar-refractivity contribution in [2.24, 2.45) is 0 Å². The number of benzene rings is 1. The van der Waals surface area contributed by atoms with Crippen molar-refractivity contribution in [3.63, 3.8) is 0 Å². The molecule has 174 valence electrons. The zero-order valence-corrected chi connectivity index (χ0v) is 18.3. The second-order valence-electron chi connectivity index (χ2n) is 9.07. The molecule has 1 aromatic heterocycles. The van der Waals surface area contributed by atoms with Gasteiger partial charge in [-0.1, -0.05) is 0 Å². The van der Waals surface area contributed by atoms with Gasteiger partial charge in [0.2, 0.25) is 5.95 Å². The fourth-order valence-electron chi connectivity index (χ4n) is 5.42. The van der Waals surface area contributed by atoms with Crippen LogP contribution in [0.2, 0.25) is 0 Å². The number of esters is 1. The lowest BCUT2D eigenvalue weighted by Crippen LogP contribution is -2.44. The van der Waals surface area contributed by atoms with Gasteiger partial charge in [0.25, 0.3) is 5.56 Å². The van der Waals surface area contributed by atoms with E-state index in [1.54, 1.807) is 6.07 Å². The van der Waals surface area contributed by atoms with Gasteiger partial charge in [0.05, 0.1) is 24.3 Å². The highest BCUT2D eigenvalue weighted by Crippen LogP contribution is 2.47. The van der Waals surface area contributed by atoms with E-state index in [2.05, 4.69) is 15.3 Å². The van der Waals surface area contributed by atoms with Gasteiger partial charge in [0.15, 0.2) is 0 Å². The molecule has 1 aromatic carbocycles. The summed E-state index contributed by atoms with van der Waals surface area (Å²) in [5.41, 5.74) is 0.942. The highest BCUT2D eigenvalue weighted by atomic mass is 19.1. The number of aromatic nitrogens is 2. The van der Waals surface area contributed by atoms with Crippen molar-refractivity contribution in [2.45, 2.75) is 31.3 Å². The first-order valence-electron chi connectivity index (χ1n) is 11.6. The van der Waals surface area contributed by atoms with Crippen molar-refractivity contribution in [3.05, 3.63) is 45.0 Å². The van der Waals surface area contributed by atoms with Gasteiger partial charge in [-0.05, 0) is 25.0 Å². The van der Waals surface area contributed by atoms with Crippen LogP contribution in [0.5, 0.6) is 0 Å². The zero-order chi connectivity index (χ0) is 22.6. The van der Waals surface area contributed by atoms with Crippen molar-refractivity contribution < 1.29 is 18.7 Å². The molecule has 0 amide bonds. The maximum absolute atomic E-state index is 15.4. The summed E-state index contributed by atoms with van der Waals surface area (Å²) >= 11 is 0. The van der Waals surface area contributed by atoms with Crippen molar-refractivity contribution in [1.29, 1.82) is 0 Å². The molecule has 0 radical (unpaired) electrons. The van der Waals surface area contributed by atoms with Gasteiger partial charge in [-0.25, -0.2) is 9.18 Å². The standard InChI is InChI=1S/C23H26FN5O4/c24-17-13-14(28-8-10-32-11-9-28)12-16-18(17)23(33-21(16)31)3-6-29(7-4-23)22-26-19-15(20(30)27-22)2-1-5-25-19/h12-13H,1-11H2,(H2,25,26,27,30). The minimum absolute atomic E-state index is 0.123. The van der Waals surface area contributed by atoms with E-state index in [9.17, 15) is 9.59 Å². The van der Waals surface area contributed by atoms with Crippen LogP contribution in [0, 0.1) is 5.82 Å². The first-order chi connectivity index (χ1) is 16.0. The lowest BCUT2D eigenvalue weighted by atomic mass is 9.83. The van der Waals surface area contributed by atoms with Crippen molar-refractivity contribution >= 4 is 23.4 Å². The number of ether oxygens (including phenoxy) is 2. The maximum Gasteiger partial charge on any atom is 0.339 e. The van der Waals surface area contributed by atoms with E-state index < -0.39 is 17.4 Å². The Bertz CT molecular complexity index is 1170. The molecule has 0 unspecified atom stereocenters. The van der Waals surface area contributed by atoms with Crippen molar-refractivity contribution in [2.75, 3.05) is 61.1 Å². The van der Waals surface area contributed by atoms with Gasteiger partial charge in [-0.2, -0.15) is 4.98 Å². The number of fused-ring (bicyclic) bond motifs is 3. The molecular weight excluding hydrogens is 429 g/mol. The van der Waals surface area contributed by atoms with E-state index in [1.165, 1.54) is 6.07 Å². The number of piperidine rings is 1. The molecule has 33 heavy (non-hydrogen) atoms. The molecule has 0 bridgehead atoms. The van der Waals surface area contributed by atoms with Crippen LogP contribution in [0.1, 0.15) is 40.7 Å². The molecule has 0 atom stereocenters. The van der Waals surface area contributed by atoms with Gasteiger partial charge in [0.1, 0.15) is 17.2 Å². The second-order valence-corrected chi connectivity index (χ2v) is 9.07. The molecule has 0 saturated carbocycles. The third-order valence-corrected chi connectivity index (χ3v) is 7.18. The summed E-state index contributed by atoms with van der Waals surface area (Å²) in [5, 5.41) is 3.20. The third-order valence-electron chi connectivity index (χ3n) is 7.18. The Morgan fingerprint density at radius 1 is 1.06 bits per heavy atom. The topological polar surface area (TPSA) is 99.8 Å². The minimum atomic E-state index is -0.983. The number of aromatic amines is 1. The lowest BCUT2D eigenvalue weighted by molar-refractivity contribution is -0.0225. The molecule has 2 fully saturated rings. The minimum Gasteiger partial charge on any atom is -0.450 e. The molecule has 2 aromatic rings. The molecule has 4 aliphatic heterocycles. The van der Waals surface area contributed by atoms with E-state index in [1.807, 2.05) is 9.80 Å². The third kappa shape index (κ3) is 3.35. The van der Waals surface area contributed by atoms with Gasteiger partial charge < -0.3 is 24.6 Å².